The van der Waals surface area contributed by atoms with E-state index in [9.17, 15) is 9.59 Å². The van der Waals surface area contributed by atoms with Gasteiger partial charge in [-0.15, -0.1) is 0 Å². The minimum absolute atomic E-state index is 0.00995. The summed E-state index contributed by atoms with van der Waals surface area (Å²) < 4.78 is 1.40. The highest BCUT2D eigenvalue weighted by atomic mass is 16.4. The fourth-order valence-corrected chi connectivity index (χ4v) is 1.75. The lowest BCUT2D eigenvalue weighted by molar-refractivity contribution is -0.122. The first-order valence-corrected chi connectivity index (χ1v) is 6.04. The SMILES string of the molecule is CCC(CC)NC(=O)Cn1c(C(=O)O)cnc1C. The topological polar surface area (TPSA) is 84.2 Å². The molecular weight excluding hydrogens is 234 g/mol. The predicted molar refractivity (Wildman–Crippen MR) is 66.4 cm³/mol. The first-order chi connectivity index (χ1) is 8.49. The van der Waals surface area contributed by atoms with E-state index in [0.717, 1.165) is 12.8 Å². The van der Waals surface area contributed by atoms with E-state index in [-0.39, 0.29) is 24.2 Å². The van der Waals surface area contributed by atoms with Gasteiger partial charge < -0.3 is 15.0 Å². The smallest absolute Gasteiger partial charge is 0.354 e. The highest BCUT2D eigenvalue weighted by Gasteiger charge is 2.16. The molecule has 0 atom stereocenters. The highest BCUT2D eigenvalue weighted by Crippen LogP contribution is 2.05. The Kier molecular flexibility index (Phi) is 4.88. The number of carboxylic acids is 1. The molecule has 0 spiro atoms. The van der Waals surface area contributed by atoms with Gasteiger partial charge in [-0.2, -0.15) is 0 Å². The summed E-state index contributed by atoms with van der Waals surface area (Å²) in [7, 11) is 0. The Morgan fingerprint density at radius 2 is 2.06 bits per heavy atom. The van der Waals surface area contributed by atoms with Crippen LogP contribution in [0.2, 0.25) is 0 Å². The van der Waals surface area contributed by atoms with Crippen LogP contribution in [-0.4, -0.2) is 32.6 Å². The van der Waals surface area contributed by atoms with Crippen LogP contribution in [-0.2, 0) is 11.3 Å². The van der Waals surface area contributed by atoms with Crippen molar-refractivity contribution in [1.29, 1.82) is 0 Å². The van der Waals surface area contributed by atoms with Crippen LogP contribution >= 0.6 is 0 Å². The molecular formula is C12H19N3O3. The molecule has 1 aromatic rings. The molecule has 100 valence electrons. The largest absolute Gasteiger partial charge is 0.477 e. The summed E-state index contributed by atoms with van der Waals surface area (Å²) in [5.41, 5.74) is 0.0344. The number of aryl methyl sites for hydroxylation is 1. The van der Waals surface area contributed by atoms with E-state index in [0.29, 0.717) is 5.82 Å². The molecule has 1 rings (SSSR count). The number of rotatable bonds is 6. The van der Waals surface area contributed by atoms with Crippen molar-refractivity contribution in [2.24, 2.45) is 0 Å². The molecule has 0 bridgehead atoms. The minimum Gasteiger partial charge on any atom is -0.477 e. The van der Waals surface area contributed by atoms with Gasteiger partial charge in [0.15, 0.2) is 0 Å². The molecule has 6 heteroatoms. The van der Waals surface area contributed by atoms with Gasteiger partial charge in [0.25, 0.3) is 0 Å². The number of nitrogens with zero attached hydrogens (tertiary/aromatic N) is 2. The third-order valence-corrected chi connectivity index (χ3v) is 2.93. The van der Waals surface area contributed by atoms with Gasteiger partial charge in [-0.25, -0.2) is 9.78 Å². The maximum absolute atomic E-state index is 11.8. The summed E-state index contributed by atoms with van der Waals surface area (Å²) in [6.07, 6.45) is 2.98. The van der Waals surface area contributed by atoms with Crippen LogP contribution < -0.4 is 5.32 Å². The molecule has 0 saturated heterocycles. The van der Waals surface area contributed by atoms with Crippen molar-refractivity contribution in [3.8, 4) is 0 Å². The lowest BCUT2D eigenvalue weighted by Crippen LogP contribution is -2.36. The van der Waals surface area contributed by atoms with E-state index in [1.165, 1.54) is 10.8 Å². The second-order valence-electron chi connectivity index (χ2n) is 4.16. The molecule has 1 heterocycles. The van der Waals surface area contributed by atoms with Gasteiger partial charge in [-0.3, -0.25) is 4.79 Å². The third kappa shape index (κ3) is 3.32. The Balaban J connectivity index is 2.75. The van der Waals surface area contributed by atoms with Gasteiger partial charge in [0.05, 0.1) is 6.20 Å². The number of hydrogen-bond acceptors (Lipinski definition) is 3. The standard InChI is InChI=1S/C12H19N3O3/c1-4-9(5-2)14-11(16)7-15-8(3)13-6-10(15)12(17)18/h6,9H,4-5,7H2,1-3H3,(H,14,16)(H,17,18). The number of nitrogens with one attached hydrogen (secondary N) is 1. The molecule has 0 aliphatic rings. The molecule has 18 heavy (non-hydrogen) atoms. The quantitative estimate of drug-likeness (QED) is 0.797. The zero-order valence-corrected chi connectivity index (χ0v) is 10.9. The van der Waals surface area contributed by atoms with E-state index in [1.807, 2.05) is 13.8 Å². The van der Waals surface area contributed by atoms with Crippen LogP contribution in [0.5, 0.6) is 0 Å². The molecule has 0 aliphatic carbocycles. The van der Waals surface area contributed by atoms with Crippen LogP contribution in [0.4, 0.5) is 0 Å². The van der Waals surface area contributed by atoms with E-state index in [4.69, 9.17) is 5.11 Å². The second kappa shape index (κ2) is 6.18. The molecule has 6 nitrogen and oxygen atoms in total. The zero-order chi connectivity index (χ0) is 13.7. The lowest BCUT2D eigenvalue weighted by atomic mass is 10.2. The van der Waals surface area contributed by atoms with Crippen molar-refractivity contribution in [1.82, 2.24) is 14.9 Å². The number of carbonyl (C=O) groups excluding carboxylic acids is 1. The first-order valence-electron chi connectivity index (χ1n) is 6.04. The van der Waals surface area contributed by atoms with Crippen molar-refractivity contribution in [3.63, 3.8) is 0 Å². The number of aromatic carboxylic acids is 1. The summed E-state index contributed by atoms with van der Waals surface area (Å²) in [4.78, 5) is 26.7. The van der Waals surface area contributed by atoms with Crippen LogP contribution in [0.15, 0.2) is 6.20 Å². The summed E-state index contributed by atoms with van der Waals surface area (Å²) >= 11 is 0. The number of imidazole rings is 1. The normalized spacial score (nSPS) is 10.7. The zero-order valence-electron chi connectivity index (χ0n) is 10.9. The van der Waals surface area contributed by atoms with E-state index in [1.54, 1.807) is 6.92 Å². The van der Waals surface area contributed by atoms with Crippen LogP contribution in [0.25, 0.3) is 0 Å². The maximum atomic E-state index is 11.8. The van der Waals surface area contributed by atoms with Crippen molar-refractivity contribution in [2.75, 3.05) is 0 Å². The maximum Gasteiger partial charge on any atom is 0.354 e. The number of amides is 1. The Labute approximate surface area is 106 Å². The summed E-state index contributed by atoms with van der Waals surface area (Å²) in [5, 5.41) is 11.8. The van der Waals surface area contributed by atoms with Crippen molar-refractivity contribution >= 4 is 11.9 Å². The average Bonchev–Trinajstić information content (AvgIpc) is 2.68. The van der Waals surface area contributed by atoms with Crippen molar-refractivity contribution < 1.29 is 14.7 Å². The molecule has 0 aliphatic heterocycles. The Bertz CT molecular complexity index is 436. The summed E-state index contributed by atoms with van der Waals surface area (Å²) in [5.74, 6) is -0.745. The fourth-order valence-electron chi connectivity index (χ4n) is 1.75. The van der Waals surface area contributed by atoms with E-state index in [2.05, 4.69) is 10.3 Å². The molecule has 0 radical (unpaired) electrons. The van der Waals surface area contributed by atoms with Crippen LogP contribution in [0, 0.1) is 6.92 Å². The molecule has 2 N–H and O–H groups in total. The molecule has 0 saturated carbocycles. The first kappa shape index (κ1) is 14.2. The second-order valence-corrected chi connectivity index (χ2v) is 4.16. The van der Waals surface area contributed by atoms with Crippen molar-refractivity contribution in [2.45, 2.75) is 46.2 Å². The van der Waals surface area contributed by atoms with Gasteiger partial charge >= 0.3 is 5.97 Å². The lowest BCUT2D eigenvalue weighted by Gasteiger charge is -2.15. The van der Waals surface area contributed by atoms with Gasteiger partial charge in [0, 0.05) is 6.04 Å². The van der Waals surface area contributed by atoms with Crippen LogP contribution in [0.1, 0.15) is 43.0 Å². The molecule has 0 unspecified atom stereocenters. The summed E-state index contributed by atoms with van der Waals surface area (Å²) in [6, 6.07) is 0.134. The van der Waals surface area contributed by atoms with Gasteiger partial charge in [-0.1, -0.05) is 13.8 Å². The Morgan fingerprint density at radius 1 is 1.44 bits per heavy atom. The number of carboxylic acid groups (broad SMARTS) is 1. The van der Waals surface area contributed by atoms with Crippen LogP contribution in [0.3, 0.4) is 0 Å². The van der Waals surface area contributed by atoms with Gasteiger partial charge in [0.2, 0.25) is 5.91 Å². The average molecular weight is 253 g/mol. The van der Waals surface area contributed by atoms with Gasteiger partial charge in [-0.05, 0) is 19.8 Å². The van der Waals surface area contributed by atoms with E-state index < -0.39 is 5.97 Å². The molecule has 1 amide bonds. The number of hydrogen-bond donors (Lipinski definition) is 2. The van der Waals surface area contributed by atoms with Gasteiger partial charge in [0.1, 0.15) is 18.1 Å². The predicted octanol–water partition coefficient (Wildman–Crippen LogP) is 1.19. The monoisotopic (exact) mass is 253 g/mol. The number of aromatic nitrogens is 2. The van der Waals surface area contributed by atoms with Crippen molar-refractivity contribution in [3.05, 3.63) is 17.7 Å². The molecule has 0 aromatic carbocycles. The third-order valence-electron chi connectivity index (χ3n) is 2.93. The molecule has 0 fully saturated rings. The molecule has 1 aromatic heterocycles. The number of carbonyl (C=O) groups is 2. The Morgan fingerprint density at radius 3 is 2.56 bits per heavy atom. The summed E-state index contributed by atoms with van der Waals surface area (Å²) in [6.45, 7) is 5.67. The van der Waals surface area contributed by atoms with E-state index >= 15 is 0 Å². The minimum atomic E-state index is -1.08. The Hall–Kier alpha value is -1.85. The highest BCUT2D eigenvalue weighted by molar-refractivity contribution is 5.86. The fraction of sp³-hybridized carbons (Fsp3) is 0.583.